The number of hydrogen-bond donors (Lipinski definition) is 2. The van der Waals surface area contributed by atoms with Gasteiger partial charge >= 0.3 is 12.1 Å². The number of nitrogens with zero attached hydrogens (tertiary/aromatic N) is 2. The molecule has 0 spiro atoms. The number of carboxylic acids is 1. The summed E-state index contributed by atoms with van der Waals surface area (Å²) in [7, 11) is 1.12. The van der Waals surface area contributed by atoms with Crippen molar-refractivity contribution in [2.75, 3.05) is 0 Å². The van der Waals surface area contributed by atoms with E-state index in [9.17, 15) is 18.0 Å². The van der Waals surface area contributed by atoms with Crippen LogP contribution in [0.2, 0.25) is 0 Å². The first kappa shape index (κ1) is 11.5. The Morgan fingerprint density at radius 3 is 2.47 bits per heavy atom. The highest BCUT2D eigenvalue weighted by molar-refractivity contribution is 5.73. The van der Waals surface area contributed by atoms with E-state index in [0.29, 0.717) is 10.7 Å². The summed E-state index contributed by atoms with van der Waals surface area (Å²) in [6.07, 6.45) is -6.67. The van der Waals surface area contributed by atoms with E-state index >= 15 is 0 Å². The van der Waals surface area contributed by atoms with Crippen molar-refractivity contribution < 1.29 is 28.2 Å². The van der Waals surface area contributed by atoms with Crippen LogP contribution >= 0.6 is 0 Å². The minimum atomic E-state index is -4.66. The van der Waals surface area contributed by atoms with Gasteiger partial charge in [0.05, 0.1) is 5.69 Å². The molecule has 0 amide bonds. The second-order valence-electron chi connectivity index (χ2n) is 2.82. The number of carboxylic acid groups (broad SMARTS) is 1. The summed E-state index contributed by atoms with van der Waals surface area (Å²) in [5.74, 6) is -1.63. The summed E-state index contributed by atoms with van der Waals surface area (Å²) in [4.78, 5) is 10.3. The Morgan fingerprint density at radius 1 is 1.60 bits per heavy atom. The molecule has 0 bridgehead atoms. The number of aromatic nitrogens is 2. The number of aryl methyl sites for hydroxylation is 1. The van der Waals surface area contributed by atoms with Crippen molar-refractivity contribution in [3.63, 3.8) is 0 Å². The normalized spacial score (nSPS) is 13.9. The molecule has 0 saturated carbocycles. The highest BCUT2D eigenvalue weighted by Crippen LogP contribution is 2.29. The number of halogens is 3. The molecule has 2 N–H and O–H groups in total. The predicted octanol–water partition coefficient (Wildman–Crippen LogP) is 0.557. The van der Waals surface area contributed by atoms with E-state index in [1.165, 1.54) is 0 Å². The van der Waals surface area contributed by atoms with Gasteiger partial charge in [-0.25, -0.2) is 4.79 Å². The number of alkyl halides is 3. The quantitative estimate of drug-likeness (QED) is 0.769. The molecule has 15 heavy (non-hydrogen) atoms. The van der Waals surface area contributed by atoms with Gasteiger partial charge in [0, 0.05) is 7.05 Å². The van der Waals surface area contributed by atoms with Crippen LogP contribution in [0.3, 0.4) is 0 Å². The summed E-state index contributed by atoms with van der Waals surface area (Å²) in [5.41, 5.74) is -1.66. The van der Waals surface area contributed by atoms with Gasteiger partial charge in [0.25, 0.3) is 0 Å². The lowest BCUT2D eigenvalue weighted by Crippen LogP contribution is -2.14. The first-order chi connectivity index (χ1) is 6.73. The van der Waals surface area contributed by atoms with Gasteiger partial charge in [0.15, 0.2) is 11.8 Å². The maximum absolute atomic E-state index is 12.1. The van der Waals surface area contributed by atoms with Gasteiger partial charge < -0.3 is 10.2 Å². The van der Waals surface area contributed by atoms with Crippen molar-refractivity contribution in [1.82, 2.24) is 9.78 Å². The van der Waals surface area contributed by atoms with Crippen LogP contribution in [-0.4, -0.2) is 26.0 Å². The Balaban J connectivity index is 3.12. The summed E-state index contributed by atoms with van der Waals surface area (Å²) < 4.78 is 37.1. The fourth-order valence-electron chi connectivity index (χ4n) is 1.00. The molecule has 0 radical (unpaired) electrons. The predicted molar refractivity (Wildman–Crippen MR) is 40.8 cm³/mol. The molecule has 8 heteroatoms. The van der Waals surface area contributed by atoms with E-state index in [1.807, 2.05) is 0 Å². The van der Waals surface area contributed by atoms with Crippen LogP contribution in [0.5, 0.6) is 0 Å². The lowest BCUT2D eigenvalue weighted by atomic mass is 10.2. The van der Waals surface area contributed by atoms with Crippen molar-refractivity contribution in [3.8, 4) is 0 Å². The molecule has 0 aliphatic heterocycles. The lowest BCUT2D eigenvalue weighted by molar-refractivity contribution is -0.147. The first-order valence-electron chi connectivity index (χ1n) is 3.75. The third-order valence-corrected chi connectivity index (χ3v) is 1.72. The third kappa shape index (κ3) is 2.27. The second kappa shape index (κ2) is 3.54. The second-order valence-corrected chi connectivity index (χ2v) is 2.82. The van der Waals surface area contributed by atoms with Gasteiger partial charge in [-0.1, -0.05) is 0 Å². The number of carbonyl (C=O) groups is 1. The maximum atomic E-state index is 12.1. The highest BCUT2D eigenvalue weighted by atomic mass is 19.4. The van der Waals surface area contributed by atoms with Crippen molar-refractivity contribution in [2.24, 2.45) is 7.05 Å². The largest absolute Gasteiger partial charge is 0.479 e. The smallest absolute Gasteiger partial charge is 0.435 e. The standard InChI is InChI=1S/C7H7F3N2O3/c1-12-3(5(13)6(14)15)2-4(11-12)7(8,9)10/h2,5,13H,1H3,(H,14,15). The van der Waals surface area contributed by atoms with Crippen molar-refractivity contribution >= 4 is 5.97 Å². The fourth-order valence-corrected chi connectivity index (χ4v) is 1.00. The minimum Gasteiger partial charge on any atom is -0.479 e. The molecule has 5 nitrogen and oxygen atoms in total. The average molecular weight is 224 g/mol. The molecule has 0 fully saturated rings. The van der Waals surface area contributed by atoms with Crippen molar-refractivity contribution in [3.05, 3.63) is 17.5 Å². The maximum Gasteiger partial charge on any atom is 0.435 e. The van der Waals surface area contributed by atoms with E-state index in [-0.39, 0.29) is 0 Å². The van der Waals surface area contributed by atoms with Gasteiger partial charge in [-0.05, 0) is 6.07 Å². The van der Waals surface area contributed by atoms with Crippen LogP contribution in [0.15, 0.2) is 6.07 Å². The Hall–Kier alpha value is -1.57. The van der Waals surface area contributed by atoms with Crippen LogP contribution in [0.25, 0.3) is 0 Å². The average Bonchev–Trinajstić information content (AvgIpc) is 2.45. The van der Waals surface area contributed by atoms with Crippen LogP contribution < -0.4 is 0 Å². The minimum absolute atomic E-state index is 0.421. The topological polar surface area (TPSA) is 75.3 Å². The van der Waals surface area contributed by atoms with E-state index in [0.717, 1.165) is 7.05 Å². The van der Waals surface area contributed by atoms with Crippen LogP contribution in [-0.2, 0) is 18.0 Å². The number of rotatable bonds is 2. The number of aliphatic hydroxyl groups excluding tert-OH is 1. The molecule has 1 aromatic rings. The Labute approximate surface area is 81.7 Å². The third-order valence-electron chi connectivity index (χ3n) is 1.72. The molecule has 1 heterocycles. The molecule has 0 saturated heterocycles. The van der Waals surface area contributed by atoms with E-state index in [1.54, 1.807) is 0 Å². The number of hydrogen-bond acceptors (Lipinski definition) is 3. The van der Waals surface area contributed by atoms with Gasteiger partial charge in [0.2, 0.25) is 0 Å². The molecule has 1 rings (SSSR count). The molecule has 1 atom stereocenters. The van der Waals surface area contributed by atoms with Crippen molar-refractivity contribution in [1.29, 1.82) is 0 Å². The summed E-state index contributed by atoms with van der Waals surface area (Å²) in [6, 6.07) is 0.499. The molecule has 84 valence electrons. The summed E-state index contributed by atoms with van der Waals surface area (Å²) in [6.45, 7) is 0. The first-order valence-corrected chi connectivity index (χ1v) is 3.75. The summed E-state index contributed by atoms with van der Waals surface area (Å²) in [5, 5.41) is 20.5. The zero-order chi connectivity index (χ0) is 11.8. The number of aliphatic hydroxyl groups is 1. The van der Waals surface area contributed by atoms with Gasteiger partial charge in [0.1, 0.15) is 0 Å². The van der Waals surface area contributed by atoms with Gasteiger partial charge in [-0.3, -0.25) is 4.68 Å². The molecule has 0 aliphatic carbocycles. The molecule has 1 aromatic heterocycles. The molecule has 1 unspecified atom stereocenters. The zero-order valence-electron chi connectivity index (χ0n) is 7.49. The number of aliphatic carboxylic acids is 1. The van der Waals surface area contributed by atoms with Crippen LogP contribution in [0, 0.1) is 0 Å². The Kier molecular flexibility index (Phi) is 2.71. The molecule has 0 aromatic carbocycles. The Bertz CT molecular complexity index is 385. The lowest BCUT2D eigenvalue weighted by Gasteiger charge is -2.03. The van der Waals surface area contributed by atoms with E-state index < -0.39 is 29.6 Å². The monoisotopic (exact) mass is 224 g/mol. The molecule has 0 aliphatic rings. The molecular weight excluding hydrogens is 217 g/mol. The van der Waals surface area contributed by atoms with Crippen LogP contribution in [0.4, 0.5) is 13.2 Å². The molecular formula is C7H7F3N2O3. The SMILES string of the molecule is Cn1nc(C(F)(F)F)cc1C(O)C(=O)O. The van der Waals surface area contributed by atoms with Crippen LogP contribution in [0.1, 0.15) is 17.5 Å². The van der Waals surface area contributed by atoms with Gasteiger partial charge in [-0.15, -0.1) is 0 Å². The highest BCUT2D eigenvalue weighted by Gasteiger charge is 2.36. The van der Waals surface area contributed by atoms with Crippen molar-refractivity contribution in [2.45, 2.75) is 12.3 Å². The van der Waals surface area contributed by atoms with E-state index in [4.69, 9.17) is 10.2 Å². The van der Waals surface area contributed by atoms with E-state index in [2.05, 4.69) is 5.10 Å². The Morgan fingerprint density at radius 2 is 2.13 bits per heavy atom. The van der Waals surface area contributed by atoms with Gasteiger partial charge in [-0.2, -0.15) is 18.3 Å². The fraction of sp³-hybridized carbons (Fsp3) is 0.429. The summed E-state index contributed by atoms with van der Waals surface area (Å²) >= 11 is 0. The zero-order valence-corrected chi connectivity index (χ0v) is 7.49.